The molecule has 0 aliphatic heterocycles. The molecule has 0 heterocycles. The van der Waals surface area contributed by atoms with Crippen LogP contribution < -0.4 is 9.47 Å². The molecule has 0 bridgehead atoms. The van der Waals surface area contributed by atoms with Crippen LogP contribution in [0.25, 0.3) is 0 Å². The molecule has 0 aromatic heterocycles. The quantitative estimate of drug-likeness (QED) is 0.708. The van der Waals surface area contributed by atoms with Gasteiger partial charge in [0.25, 0.3) is 0 Å². The van der Waals surface area contributed by atoms with E-state index in [9.17, 15) is 0 Å². The van der Waals surface area contributed by atoms with E-state index in [2.05, 4.69) is 22.9 Å². The molecule has 0 spiro atoms. The molecular weight excluding hydrogens is 268 g/mol. The number of alkyl halides is 1. The molecule has 16 heavy (non-hydrogen) atoms. The van der Waals surface area contributed by atoms with E-state index in [1.54, 1.807) is 7.11 Å². The Morgan fingerprint density at radius 3 is 2.31 bits per heavy atom. The summed E-state index contributed by atoms with van der Waals surface area (Å²) < 4.78 is 10.8. The normalized spacial score (nSPS) is 12.2. The Morgan fingerprint density at radius 1 is 1.19 bits per heavy atom. The molecule has 1 rings (SSSR count). The molecule has 1 atom stereocenters. The largest absolute Gasteiger partial charge is 0.497 e. The first-order valence-electron chi connectivity index (χ1n) is 5.63. The van der Waals surface area contributed by atoms with Gasteiger partial charge in [-0.1, -0.05) is 29.3 Å². The fourth-order valence-electron chi connectivity index (χ4n) is 1.50. The molecule has 1 aromatic carbocycles. The van der Waals surface area contributed by atoms with Gasteiger partial charge >= 0.3 is 0 Å². The van der Waals surface area contributed by atoms with E-state index in [0.29, 0.717) is 5.92 Å². The molecule has 1 unspecified atom stereocenters. The number of rotatable bonds is 7. The molecular formula is C13H19BrO2. The lowest BCUT2D eigenvalue weighted by molar-refractivity contribution is 0.255. The van der Waals surface area contributed by atoms with Crippen molar-refractivity contribution in [3.63, 3.8) is 0 Å². The smallest absolute Gasteiger partial charge is 0.119 e. The Morgan fingerprint density at radius 2 is 1.81 bits per heavy atom. The van der Waals surface area contributed by atoms with Gasteiger partial charge in [-0.15, -0.1) is 0 Å². The van der Waals surface area contributed by atoms with Crippen molar-refractivity contribution in [2.75, 3.05) is 19.0 Å². The number of benzene rings is 1. The van der Waals surface area contributed by atoms with Crippen molar-refractivity contribution in [3.05, 3.63) is 24.3 Å². The highest BCUT2D eigenvalue weighted by Crippen LogP contribution is 2.19. The molecule has 0 radical (unpaired) electrons. The van der Waals surface area contributed by atoms with Crippen LogP contribution in [0.2, 0.25) is 0 Å². The Labute approximate surface area is 106 Å². The number of ether oxygens (including phenoxy) is 2. The number of hydrogen-bond acceptors (Lipinski definition) is 2. The van der Waals surface area contributed by atoms with Crippen LogP contribution in [0, 0.1) is 5.92 Å². The van der Waals surface area contributed by atoms with E-state index < -0.39 is 0 Å². The van der Waals surface area contributed by atoms with E-state index in [1.807, 2.05) is 24.3 Å². The van der Waals surface area contributed by atoms with Crippen LogP contribution in [0.3, 0.4) is 0 Å². The number of methoxy groups -OCH3 is 1. The van der Waals surface area contributed by atoms with Gasteiger partial charge in [0.15, 0.2) is 0 Å². The predicted molar refractivity (Wildman–Crippen MR) is 70.7 cm³/mol. The van der Waals surface area contributed by atoms with Crippen LogP contribution in [0.4, 0.5) is 0 Å². The number of hydrogen-bond donors (Lipinski definition) is 0. The first-order chi connectivity index (χ1) is 7.80. The Balaban J connectivity index is 2.40. The summed E-state index contributed by atoms with van der Waals surface area (Å²) >= 11 is 3.51. The average molecular weight is 287 g/mol. The van der Waals surface area contributed by atoms with Gasteiger partial charge in [0.1, 0.15) is 11.5 Å². The molecule has 0 aliphatic carbocycles. The van der Waals surface area contributed by atoms with E-state index in [1.165, 1.54) is 12.8 Å². The van der Waals surface area contributed by atoms with Crippen LogP contribution in [-0.2, 0) is 0 Å². The van der Waals surface area contributed by atoms with Gasteiger partial charge in [-0.25, -0.2) is 0 Å². The minimum Gasteiger partial charge on any atom is -0.497 e. The fraction of sp³-hybridized carbons (Fsp3) is 0.538. The minimum absolute atomic E-state index is 0.590. The molecule has 0 saturated carbocycles. The van der Waals surface area contributed by atoms with Gasteiger partial charge in [0.2, 0.25) is 0 Å². The lowest BCUT2D eigenvalue weighted by Crippen LogP contribution is -2.13. The highest BCUT2D eigenvalue weighted by Gasteiger charge is 2.06. The van der Waals surface area contributed by atoms with Gasteiger partial charge in [-0.2, -0.15) is 0 Å². The van der Waals surface area contributed by atoms with Crippen molar-refractivity contribution >= 4 is 15.9 Å². The van der Waals surface area contributed by atoms with Gasteiger partial charge in [0.05, 0.1) is 13.7 Å². The van der Waals surface area contributed by atoms with Crippen LogP contribution in [-0.4, -0.2) is 19.0 Å². The molecule has 1 aromatic rings. The lowest BCUT2D eigenvalue weighted by Gasteiger charge is -2.14. The molecule has 3 heteroatoms. The fourth-order valence-corrected chi connectivity index (χ4v) is 2.01. The zero-order valence-electron chi connectivity index (χ0n) is 9.91. The molecule has 0 aliphatic rings. The zero-order chi connectivity index (χ0) is 11.8. The maximum absolute atomic E-state index is 5.73. The van der Waals surface area contributed by atoms with Crippen molar-refractivity contribution < 1.29 is 9.47 Å². The summed E-state index contributed by atoms with van der Waals surface area (Å²) in [6.45, 7) is 2.97. The molecule has 0 N–H and O–H groups in total. The Kier molecular flexibility index (Phi) is 6.31. The van der Waals surface area contributed by atoms with E-state index >= 15 is 0 Å². The van der Waals surface area contributed by atoms with Crippen molar-refractivity contribution in [2.45, 2.75) is 19.8 Å². The third kappa shape index (κ3) is 4.44. The summed E-state index contributed by atoms with van der Waals surface area (Å²) in [6, 6.07) is 7.71. The summed E-state index contributed by atoms with van der Waals surface area (Å²) in [5, 5.41) is 0.997. The van der Waals surface area contributed by atoms with Crippen molar-refractivity contribution in [3.8, 4) is 11.5 Å². The van der Waals surface area contributed by atoms with Gasteiger partial charge in [-0.05, 0) is 30.7 Å². The summed E-state index contributed by atoms with van der Waals surface area (Å²) in [4.78, 5) is 0. The molecule has 2 nitrogen and oxygen atoms in total. The first kappa shape index (κ1) is 13.4. The Bertz CT molecular complexity index is 284. The molecule has 0 saturated heterocycles. The second-order valence-corrected chi connectivity index (χ2v) is 4.44. The summed E-state index contributed by atoms with van der Waals surface area (Å²) in [6.07, 6.45) is 2.39. The highest BCUT2D eigenvalue weighted by molar-refractivity contribution is 9.09. The first-order valence-corrected chi connectivity index (χ1v) is 6.75. The van der Waals surface area contributed by atoms with Crippen LogP contribution in [0.15, 0.2) is 24.3 Å². The Hall–Kier alpha value is -0.700. The maximum Gasteiger partial charge on any atom is 0.119 e. The molecule has 90 valence electrons. The third-order valence-corrected chi connectivity index (χ3v) is 3.38. The number of halogens is 1. The van der Waals surface area contributed by atoms with E-state index in [-0.39, 0.29) is 0 Å². The van der Waals surface area contributed by atoms with Crippen LogP contribution in [0.5, 0.6) is 11.5 Å². The van der Waals surface area contributed by atoms with Crippen LogP contribution in [0.1, 0.15) is 19.8 Å². The third-order valence-electron chi connectivity index (χ3n) is 2.46. The van der Waals surface area contributed by atoms with Gasteiger partial charge in [0, 0.05) is 11.2 Å². The lowest BCUT2D eigenvalue weighted by atomic mass is 10.1. The molecule has 0 amide bonds. The van der Waals surface area contributed by atoms with Gasteiger partial charge < -0.3 is 9.47 Å². The van der Waals surface area contributed by atoms with E-state index in [4.69, 9.17) is 9.47 Å². The second kappa shape index (κ2) is 7.55. The van der Waals surface area contributed by atoms with Crippen molar-refractivity contribution in [2.24, 2.45) is 5.92 Å². The topological polar surface area (TPSA) is 18.5 Å². The summed E-state index contributed by atoms with van der Waals surface area (Å²) in [5.74, 6) is 2.35. The summed E-state index contributed by atoms with van der Waals surface area (Å²) in [7, 11) is 1.66. The van der Waals surface area contributed by atoms with Crippen molar-refractivity contribution in [1.29, 1.82) is 0 Å². The summed E-state index contributed by atoms with van der Waals surface area (Å²) in [5.41, 5.74) is 0. The standard InChI is InChI=1S/C13H19BrO2/c1-3-4-11(9-14)10-16-13-7-5-12(15-2)6-8-13/h5-8,11H,3-4,9-10H2,1-2H3. The SMILES string of the molecule is CCCC(CBr)COc1ccc(OC)cc1. The minimum atomic E-state index is 0.590. The van der Waals surface area contributed by atoms with Crippen molar-refractivity contribution in [1.82, 2.24) is 0 Å². The zero-order valence-corrected chi connectivity index (χ0v) is 11.5. The van der Waals surface area contributed by atoms with Gasteiger partial charge in [-0.3, -0.25) is 0 Å². The molecule has 0 fully saturated rings. The highest BCUT2D eigenvalue weighted by atomic mass is 79.9. The second-order valence-electron chi connectivity index (χ2n) is 3.80. The maximum atomic E-state index is 5.73. The van der Waals surface area contributed by atoms with E-state index in [0.717, 1.165) is 23.4 Å². The monoisotopic (exact) mass is 286 g/mol. The van der Waals surface area contributed by atoms with Crippen LogP contribution >= 0.6 is 15.9 Å². The average Bonchev–Trinajstić information content (AvgIpc) is 2.35. The predicted octanol–water partition coefficient (Wildman–Crippen LogP) is 3.89.